The second kappa shape index (κ2) is 11.0. The summed E-state index contributed by atoms with van der Waals surface area (Å²) in [6.45, 7) is 6.36. The van der Waals surface area contributed by atoms with Crippen molar-refractivity contribution >= 4 is 23.7 Å². The van der Waals surface area contributed by atoms with Crippen LogP contribution < -0.4 is 0 Å². The summed E-state index contributed by atoms with van der Waals surface area (Å²) in [5.41, 5.74) is 2.78. The van der Waals surface area contributed by atoms with E-state index in [2.05, 4.69) is 26.8 Å². The van der Waals surface area contributed by atoms with Crippen LogP contribution in [0.4, 0.5) is 0 Å². The van der Waals surface area contributed by atoms with Gasteiger partial charge in [0.25, 0.3) is 0 Å². The lowest BCUT2D eigenvalue weighted by Crippen LogP contribution is -2.36. The number of allylic oxidation sites excluding steroid dienone is 4. The number of carbonyl (C=O) groups excluding carboxylic acids is 2. The van der Waals surface area contributed by atoms with Crippen LogP contribution in [-0.2, 0) is 9.59 Å². The smallest absolute Gasteiger partial charge is 0.167 e. The summed E-state index contributed by atoms with van der Waals surface area (Å²) >= 11 is 0. The summed E-state index contributed by atoms with van der Waals surface area (Å²) in [6, 6.07) is 13.2. The molecule has 0 heterocycles. The summed E-state index contributed by atoms with van der Waals surface area (Å²) < 4.78 is 0. The normalized spacial score (nSPS) is 18.9. The van der Waals surface area contributed by atoms with Crippen LogP contribution in [0.2, 0.25) is 0 Å². The number of benzene rings is 2. The fourth-order valence-corrected chi connectivity index (χ4v) is 4.50. The first-order valence-electron chi connectivity index (χ1n) is 11.4. The van der Waals surface area contributed by atoms with E-state index in [0.717, 1.165) is 24.0 Å². The first-order valence-corrected chi connectivity index (χ1v) is 11.4. The van der Waals surface area contributed by atoms with Gasteiger partial charge in [-0.2, -0.15) is 0 Å². The second-order valence-corrected chi connectivity index (χ2v) is 9.17. The number of rotatable bonds is 8. The minimum atomic E-state index is -0.797. The van der Waals surface area contributed by atoms with Crippen LogP contribution in [0.1, 0.15) is 44.7 Å². The molecule has 2 aromatic carbocycles. The first kappa shape index (κ1) is 24.2. The highest BCUT2D eigenvalue weighted by molar-refractivity contribution is 6.14. The standard InChI is InChI=1S/C29H32O4/c1-19(2)25-15-4-20(3)18-26(25)29(27(32)16-9-21-5-11-23(30)12-6-21)28(33)17-10-22-7-13-24(31)14-8-22/h5-14,16-19,25-26,29-31H,4,15H2,1-3H3/b16-9+,17-10+/t25-,26-/m0/s1. The predicted molar refractivity (Wildman–Crippen MR) is 133 cm³/mol. The van der Waals surface area contributed by atoms with E-state index >= 15 is 0 Å². The summed E-state index contributed by atoms with van der Waals surface area (Å²) in [5, 5.41) is 19.0. The molecule has 172 valence electrons. The van der Waals surface area contributed by atoms with Crippen molar-refractivity contribution in [1.29, 1.82) is 0 Å². The largest absolute Gasteiger partial charge is 0.508 e. The Bertz CT molecular complexity index is 988. The van der Waals surface area contributed by atoms with E-state index in [1.807, 2.05) is 0 Å². The number of ketones is 2. The van der Waals surface area contributed by atoms with Gasteiger partial charge >= 0.3 is 0 Å². The lowest BCUT2D eigenvalue weighted by atomic mass is 9.67. The topological polar surface area (TPSA) is 74.6 Å². The fraction of sp³-hybridized carbons (Fsp3) is 0.310. The quantitative estimate of drug-likeness (QED) is 0.288. The molecule has 0 aliphatic heterocycles. The average Bonchev–Trinajstić information content (AvgIpc) is 2.78. The molecule has 4 heteroatoms. The Morgan fingerprint density at radius 3 is 1.73 bits per heavy atom. The molecule has 4 nitrogen and oxygen atoms in total. The minimum absolute atomic E-state index is 0.160. The molecule has 2 aromatic rings. The molecule has 0 saturated heterocycles. The maximum Gasteiger partial charge on any atom is 0.167 e. The van der Waals surface area contributed by atoms with Gasteiger partial charge in [-0.25, -0.2) is 0 Å². The molecule has 1 aliphatic carbocycles. The van der Waals surface area contributed by atoms with Gasteiger partial charge in [-0.15, -0.1) is 0 Å². The Morgan fingerprint density at radius 1 is 0.848 bits per heavy atom. The van der Waals surface area contributed by atoms with E-state index in [4.69, 9.17) is 0 Å². The summed E-state index contributed by atoms with van der Waals surface area (Å²) in [5.74, 6) is -0.473. The van der Waals surface area contributed by atoms with Gasteiger partial charge < -0.3 is 10.2 Å². The molecule has 0 amide bonds. The van der Waals surface area contributed by atoms with Gasteiger partial charge in [0, 0.05) is 0 Å². The Kier molecular flexibility index (Phi) is 8.05. The van der Waals surface area contributed by atoms with Crippen LogP contribution in [0.5, 0.6) is 11.5 Å². The number of hydrogen-bond donors (Lipinski definition) is 2. The van der Waals surface area contributed by atoms with Gasteiger partial charge in [0.1, 0.15) is 11.5 Å². The maximum absolute atomic E-state index is 13.4. The zero-order valence-corrected chi connectivity index (χ0v) is 19.4. The molecular weight excluding hydrogens is 412 g/mol. The van der Waals surface area contributed by atoms with Crippen LogP contribution >= 0.6 is 0 Å². The zero-order valence-electron chi connectivity index (χ0n) is 19.4. The highest BCUT2D eigenvalue weighted by atomic mass is 16.3. The molecule has 0 saturated carbocycles. The van der Waals surface area contributed by atoms with E-state index in [0.29, 0.717) is 5.92 Å². The number of aromatic hydroxyl groups is 2. The average molecular weight is 445 g/mol. The van der Waals surface area contributed by atoms with Crippen LogP contribution in [-0.4, -0.2) is 21.8 Å². The van der Waals surface area contributed by atoms with Crippen molar-refractivity contribution in [2.75, 3.05) is 0 Å². The highest BCUT2D eigenvalue weighted by Gasteiger charge is 2.38. The molecule has 0 aromatic heterocycles. The third-order valence-electron chi connectivity index (χ3n) is 6.36. The molecule has 0 spiro atoms. The van der Waals surface area contributed by atoms with E-state index in [1.165, 1.54) is 17.7 Å². The van der Waals surface area contributed by atoms with Crippen molar-refractivity contribution < 1.29 is 19.8 Å². The molecule has 3 rings (SSSR count). The number of phenols is 2. The lowest BCUT2D eigenvalue weighted by Gasteiger charge is -2.36. The fourth-order valence-electron chi connectivity index (χ4n) is 4.50. The first-order chi connectivity index (χ1) is 15.7. The monoisotopic (exact) mass is 444 g/mol. The molecule has 0 radical (unpaired) electrons. The van der Waals surface area contributed by atoms with Gasteiger partial charge in [0.15, 0.2) is 11.6 Å². The second-order valence-electron chi connectivity index (χ2n) is 9.17. The Balaban J connectivity index is 1.93. The van der Waals surface area contributed by atoms with Crippen molar-refractivity contribution in [3.05, 3.63) is 83.5 Å². The van der Waals surface area contributed by atoms with Crippen LogP contribution in [0, 0.1) is 23.7 Å². The van der Waals surface area contributed by atoms with Gasteiger partial charge in [-0.3, -0.25) is 9.59 Å². The molecule has 0 bridgehead atoms. The third-order valence-corrected chi connectivity index (χ3v) is 6.36. The summed E-state index contributed by atoms with van der Waals surface area (Å²) in [7, 11) is 0. The molecule has 2 N–H and O–H groups in total. The Morgan fingerprint density at radius 2 is 1.30 bits per heavy atom. The molecule has 0 unspecified atom stereocenters. The van der Waals surface area contributed by atoms with Crippen LogP contribution in [0.3, 0.4) is 0 Å². The van der Waals surface area contributed by atoms with Gasteiger partial charge in [0.05, 0.1) is 5.92 Å². The van der Waals surface area contributed by atoms with Crippen molar-refractivity contribution in [2.45, 2.75) is 33.6 Å². The number of carbonyl (C=O) groups is 2. The molecule has 0 fully saturated rings. The molecular formula is C29H32O4. The molecule has 2 atom stereocenters. The SMILES string of the molecule is CC1=C[C@H](C(C(=O)/C=C/c2ccc(O)cc2)C(=O)/C=C/c2ccc(O)cc2)[C@H](C(C)C)CC1. The van der Waals surface area contributed by atoms with E-state index < -0.39 is 5.92 Å². The van der Waals surface area contributed by atoms with Crippen molar-refractivity contribution in [2.24, 2.45) is 23.7 Å². The minimum Gasteiger partial charge on any atom is -0.508 e. The van der Waals surface area contributed by atoms with E-state index in [-0.39, 0.29) is 34.9 Å². The third kappa shape index (κ3) is 6.55. The van der Waals surface area contributed by atoms with E-state index in [9.17, 15) is 19.8 Å². The highest BCUT2D eigenvalue weighted by Crippen LogP contribution is 2.39. The van der Waals surface area contributed by atoms with Crippen LogP contribution in [0.25, 0.3) is 12.2 Å². The van der Waals surface area contributed by atoms with Gasteiger partial charge in [-0.05, 0) is 85.1 Å². The van der Waals surface area contributed by atoms with Gasteiger partial charge in [-0.1, -0.05) is 61.9 Å². The predicted octanol–water partition coefficient (Wildman–Crippen LogP) is 6.21. The van der Waals surface area contributed by atoms with Crippen molar-refractivity contribution in [3.8, 4) is 11.5 Å². The van der Waals surface area contributed by atoms with Crippen molar-refractivity contribution in [1.82, 2.24) is 0 Å². The molecule has 33 heavy (non-hydrogen) atoms. The summed E-state index contributed by atoms with van der Waals surface area (Å²) in [6.07, 6.45) is 10.4. The number of phenolic OH excluding ortho intramolecular Hbond substituents is 2. The Labute approximate surface area is 196 Å². The Hall–Kier alpha value is -3.40. The van der Waals surface area contributed by atoms with E-state index in [1.54, 1.807) is 60.7 Å². The van der Waals surface area contributed by atoms with Crippen molar-refractivity contribution in [3.63, 3.8) is 0 Å². The maximum atomic E-state index is 13.4. The lowest BCUT2D eigenvalue weighted by molar-refractivity contribution is -0.130. The number of hydrogen-bond acceptors (Lipinski definition) is 4. The molecule has 1 aliphatic rings. The van der Waals surface area contributed by atoms with Crippen LogP contribution in [0.15, 0.2) is 72.3 Å². The van der Waals surface area contributed by atoms with Gasteiger partial charge in [0.2, 0.25) is 0 Å². The summed E-state index contributed by atoms with van der Waals surface area (Å²) in [4.78, 5) is 26.8. The zero-order chi connectivity index (χ0) is 24.0.